The van der Waals surface area contributed by atoms with Gasteiger partial charge in [-0.05, 0) is 63.3 Å². The highest BCUT2D eigenvalue weighted by Gasteiger charge is 2.36. The van der Waals surface area contributed by atoms with E-state index in [1.165, 1.54) is 6.08 Å². The molecule has 1 aliphatic rings. The largest absolute Gasteiger partial charge is 0.460 e. The number of ether oxygens (including phenoxy) is 8. The number of carbonyl (C=O) groups is 2. The molecule has 1 aromatic carbocycles. The van der Waals surface area contributed by atoms with Crippen LogP contribution in [0.5, 0.6) is 0 Å². The molecule has 1 aliphatic carbocycles. The lowest BCUT2D eigenvalue weighted by Crippen LogP contribution is -2.35. The number of sulfonamides is 1. The van der Waals surface area contributed by atoms with E-state index < -0.39 is 50.3 Å². The number of carbonyl (C=O) groups excluding carboxylic acids is 2. The highest BCUT2D eigenvalue weighted by molar-refractivity contribution is 7.93. The molecule has 0 spiro atoms. The highest BCUT2D eigenvalue weighted by Crippen LogP contribution is 2.29. The van der Waals surface area contributed by atoms with E-state index in [2.05, 4.69) is 15.3 Å². The number of halogens is 2. The summed E-state index contributed by atoms with van der Waals surface area (Å²) in [6.45, 7) is 8.86. The van der Waals surface area contributed by atoms with Crippen molar-refractivity contribution in [2.24, 2.45) is 5.11 Å². The fourth-order valence-electron chi connectivity index (χ4n) is 4.54. The van der Waals surface area contributed by atoms with E-state index in [4.69, 9.17) is 43.4 Å². The van der Waals surface area contributed by atoms with Crippen molar-refractivity contribution in [1.82, 2.24) is 5.32 Å². The zero-order valence-electron chi connectivity index (χ0n) is 30.4. The normalized spacial score (nSPS) is 14.6. The van der Waals surface area contributed by atoms with Gasteiger partial charge in [-0.1, -0.05) is 11.2 Å². The molecule has 0 aromatic heterocycles. The molecular formula is C33H51F2N5O12S. The van der Waals surface area contributed by atoms with Crippen LogP contribution < -0.4 is 10.0 Å². The predicted molar refractivity (Wildman–Crippen MR) is 188 cm³/mol. The van der Waals surface area contributed by atoms with Crippen LogP contribution in [0.25, 0.3) is 10.4 Å². The molecule has 0 aliphatic heterocycles. The Morgan fingerprint density at radius 3 is 1.83 bits per heavy atom. The van der Waals surface area contributed by atoms with Gasteiger partial charge in [-0.2, -0.15) is 0 Å². The Balaban J connectivity index is 1.60. The maximum atomic E-state index is 14.9. The Labute approximate surface area is 308 Å². The first-order valence-corrected chi connectivity index (χ1v) is 18.7. The number of esters is 1. The molecule has 0 saturated heterocycles. The molecule has 1 aromatic rings. The second-order valence-corrected chi connectivity index (χ2v) is 14.1. The van der Waals surface area contributed by atoms with Gasteiger partial charge in [-0.3, -0.25) is 4.72 Å². The van der Waals surface area contributed by atoms with Gasteiger partial charge in [0.15, 0.2) is 11.6 Å². The van der Waals surface area contributed by atoms with Crippen molar-refractivity contribution in [3.8, 4) is 0 Å². The molecule has 2 rings (SSSR count). The molecule has 0 fully saturated rings. The van der Waals surface area contributed by atoms with E-state index in [0.29, 0.717) is 72.3 Å². The number of rotatable bonds is 27. The minimum Gasteiger partial charge on any atom is -0.460 e. The molecule has 0 radical (unpaired) electrons. The van der Waals surface area contributed by atoms with Gasteiger partial charge in [-0.25, -0.2) is 26.8 Å². The molecule has 1 unspecified atom stereocenters. The van der Waals surface area contributed by atoms with Crippen LogP contribution in [0.15, 0.2) is 28.9 Å². The van der Waals surface area contributed by atoms with Crippen LogP contribution in [-0.2, 0) is 59.3 Å². The van der Waals surface area contributed by atoms with Crippen molar-refractivity contribution in [3.05, 3.63) is 51.4 Å². The molecule has 17 nitrogen and oxygen atoms in total. The summed E-state index contributed by atoms with van der Waals surface area (Å²) in [5.41, 5.74) is 6.38. The van der Waals surface area contributed by atoms with Crippen LogP contribution in [0.3, 0.4) is 0 Å². The molecule has 20 heteroatoms. The van der Waals surface area contributed by atoms with E-state index in [1.54, 1.807) is 20.8 Å². The number of anilines is 1. The fraction of sp³-hybridized carbons (Fsp3) is 0.697. The molecule has 300 valence electrons. The van der Waals surface area contributed by atoms with Gasteiger partial charge < -0.3 is 43.2 Å². The maximum Gasteiger partial charge on any atom is 0.407 e. The summed E-state index contributed by atoms with van der Waals surface area (Å²) in [5.74, 6) is -3.27. The maximum absolute atomic E-state index is 14.9. The number of hydrogen-bond acceptors (Lipinski definition) is 13. The van der Waals surface area contributed by atoms with Crippen molar-refractivity contribution >= 4 is 27.8 Å². The van der Waals surface area contributed by atoms with Gasteiger partial charge in [0.2, 0.25) is 10.0 Å². The second-order valence-electron chi connectivity index (χ2n) is 12.3. The smallest absolute Gasteiger partial charge is 0.407 e. The zero-order valence-corrected chi connectivity index (χ0v) is 31.3. The molecule has 1 atom stereocenters. The Kier molecular flexibility index (Phi) is 21.8. The first-order chi connectivity index (χ1) is 25.3. The molecule has 0 saturated carbocycles. The van der Waals surface area contributed by atoms with Crippen molar-refractivity contribution < 1.29 is 64.7 Å². The van der Waals surface area contributed by atoms with E-state index in [9.17, 15) is 26.8 Å². The summed E-state index contributed by atoms with van der Waals surface area (Å²) in [5, 5.41) is 4.33. The first-order valence-electron chi connectivity index (χ1n) is 17.1. The monoisotopic (exact) mass is 779 g/mol. The van der Waals surface area contributed by atoms with E-state index in [0.717, 1.165) is 12.1 Å². The van der Waals surface area contributed by atoms with Gasteiger partial charge in [0, 0.05) is 18.0 Å². The highest BCUT2D eigenvalue weighted by atomic mass is 32.2. The lowest BCUT2D eigenvalue weighted by atomic mass is 9.99. The Morgan fingerprint density at radius 2 is 1.34 bits per heavy atom. The van der Waals surface area contributed by atoms with Crippen LogP contribution in [-0.4, -0.2) is 124 Å². The Bertz CT molecular complexity index is 1430. The molecule has 1 amide bonds. The third-order valence-corrected chi connectivity index (χ3v) is 8.62. The summed E-state index contributed by atoms with van der Waals surface area (Å²) in [6, 6.07) is 1.78. The number of azide groups is 1. The van der Waals surface area contributed by atoms with Crippen LogP contribution in [0.2, 0.25) is 0 Å². The van der Waals surface area contributed by atoms with E-state index in [-0.39, 0.29) is 57.1 Å². The van der Waals surface area contributed by atoms with Crippen LogP contribution in [0.4, 0.5) is 19.3 Å². The number of hydrogen-bond donors (Lipinski definition) is 2. The first kappa shape index (κ1) is 45.5. The summed E-state index contributed by atoms with van der Waals surface area (Å²) in [6.07, 6.45) is 1.56. The molecule has 53 heavy (non-hydrogen) atoms. The SMILES string of the molecule is CC(C)(C)OC(=O)NCc1cc(F)c(NS(=O)(=O)C2CCCC=C2C(=O)OCCOCCOCCOCCOCCOCCOCCN=[N+]=[N-])c(F)c1. The van der Waals surface area contributed by atoms with Gasteiger partial charge in [0.25, 0.3) is 0 Å². The quantitative estimate of drug-likeness (QED) is 0.0423. The van der Waals surface area contributed by atoms with Crippen molar-refractivity contribution in [2.75, 3.05) is 97.2 Å². The predicted octanol–water partition coefficient (Wildman–Crippen LogP) is 4.16. The number of amides is 1. The van der Waals surface area contributed by atoms with E-state index in [1.807, 2.05) is 4.72 Å². The summed E-state index contributed by atoms with van der Waals surface area (Å²) >= 11 is 0. The average molecular weight is 780 g/mol. The number of allylic oxidation sites excluding steroid dienone is 1. The van der Waals surface area contributed by atoms with E-state index >= 15 is 0 Å². The number of benzene rings is 1. The van der Waals surface area contributed by atoms with Crippen LogP contribution in [0, 0.1) is 11.6 Å². The standard InChI is InChI=1S/C33H51F2N5O12S/c1-33(2,3)52-32(42)37-24-25-22-27(34)30(28(35)23-25)39-53(43,44)29-7-5-4-6-26(29)31(41)51-21-20-50-19-18-49-17-16-48-15-14-47-13-12-46-11-10-45-9-8-38-40-36/h6,22-23,29,39H,4-5,7-21,24H2,1-3H3,(H,37,42). The van der Waals surface area contributed by atoms with Crippen LogP contribution >= 0.6 is 0 Å². The van der Waals surface area contributed by atoms with Gasteiger partial charge in [-0.15, -0.1) is 0 Å². The van der Waals surface area contributed by atoms with Gasteiger partial charge in [0.1, 0.15) is 23.1 Å². The second kappa shape index (κ2) is 25.4. The van der Waals surface area contributed by atoms with Crippen molar-refractivity contribution in [3.63, 3.8) is 0 Å². The minimum atomic E-state index is -4.47. The molecule has 0 bridgehead atoms. The molecular weight excluding hydrogens is 728 g/mol. The summed E-state index contributed by atoms with van der Waals surface area (Å²) in [7, 11) is -4.47. The third-order valence-electron chi connectivity index (χ3n) is 6.89. The van der Waals surface area contributed by atoms with Gasteiger partial charge in [0.05, 0.1) is 84.9 Å². The Morgan fingerprint density at radius 1 is 0.849 bits per heavy atom. The fourth-order valence-corrected chi connectivity index (χ4v) is 6.17. The van der Waals surface area contributed by atoms with Crippen molar-refractivity contribution in [1.29, 1.82) is 0 Å². The lowest BCUT2D eigenvalue weighted by Gasteiger charge is -2.24. The number of alkyl carbamates (subject to hydrolysis) is 1. The topological polar surface area (TPSA) is 215 Å². The average Bonchev–Trinajstić information content (AvgIpc) is 3.10. The van der Waals surface area contributed by atoms with Crippen molar-refractivity contribution in [2.45, 2.75) is 57.4 Å². The number of nitrogens with zero attached hydrogens (tertiary/aromatic N) is 3. The number of nitrogens with one attached hydrogen (secondary N) is 2. The van der Waals surface area contributed by atoms with Crippen LogP contribution in [0.1, 0.15) is 45.6 Å². The Hall–Kier alpha value is -3.62. The lowest BCUT2D eigenvalue weighted by molar-refractivity contribution is -0.141. The zero-order chi connectivity index (χ0) is 39.0. The minimum absolute atomic E-state index is 0.0333. The molecule has 2 N–H and O–H groups in total. The molecule has 0 heterocycles. The summed E-state index contributed by atoms with van der Waals surface area (Å²) < 4.78 is 101. The summed E-state index contributed by atoms with van der Waals surface area (Å²) in [4.78, 5) is 27.3. The third kappa shape index (κ3) is 19.9. The van der Waals surface area contributed by atoms with Gasteiger partial charge >= 0.3 is 12.1 Å².